The fraction of sp³-hybridized carbons (Fsp3) is 0.222. The van der Waals surface area contributed by atoms with Crippen LogP contribution in [0, 0.1) is 0 Å². The third kappa shape index (κ3) is 5.90. The molecule has 5 aromatic rings. The van der Waals surface area contributed by atoms with E-state index in [1.807, 2.05) is 0 Å². The predicted molar refractivity (Wildman–Crippen MR) is 138 cm³/mol. The number of carbonyl (C=O) groups is 1. The third-order valence-electron chi connectivity index (χ3n) is 6.27. The lowest BCUT2D eigenvalue weighted by molar-refractivity contribution is -0.143. The molecule has 16 heteroatoms. The van der Waals surface area contributed by atoms with Gasteiger partial charge in [-0.15, -0.1) is 5.10 Å². The number of ketones is 1. The quantitative estimate of drug-likeness (QED) is 0.167. The summed E-state index contributed by atoms with van der Waals surface area (Å²) in [6.07, 6.45) is -6.20. The van der Waals surface area contributed by atoms with Crippen molar-refractivity contribution in [3.8, 4) is 17.1 Å². The van der Waals surface area contributed by atoms with Gasteiger partial charge < -0.3 is 9.63 Å². The third-order valence-corrected chi connectivity index (χ3v) is 6.60. The van der Waals surface area contributed by atoms with Crippen molar-refractivity contribution in [2.24, 2.45) is 0 Å². The van der Waals surface area contributed by atoms with Gasteiger partial charge in [0, 0.05) is 18.0 Å². The summed E-state index contributed by atoms with van der Waals surface area (Å²) >= 11 is 6.34. The Balaban J connectivity index is 1.68. The van der Waals surface area contributed by atoms with Gasteiger partial charge in [-0.1, -0.05) is 34.1 Å². The Labute approximate surface area is 243 Å². The molecule has 9 nitrogen and oxygen atoms in total. The molecule has 3 heterocycles. The highest BCUT2D eigenvalue weighted by Gasteiger charge is 2.38. The second-order valence-electron chi connectivity index (χ2n) is 9.91. The van der Waals surface area contributed by atoms with Gasteiger partial charge in [-0.05, 0) is 49.7 Å². The van der Waals surface area contributed by atoms with E-state index in [0.29, 0.717) is 12.1 Å². The Hall–Kier alpha value is -4.50. The molecule has 5 rings (SSSR count). The van der Waals surface area contributed by atoms with E-state index in [9.17, 15) is 36.2 Å². The van der Waals surface area contributed by atoms with Crippen LogP contribution in [0.3, 0.4) is 0 Å². The van der Waals surface area contributed by atoms with Crippen LogP contribution in [-0.4, -0.2) is 40.6 Å². The van der Waals surface area contributed by atoms with Crippen molar-refractivity contribution >= 4 is 17.4 Å². The molecule has 0 fully saturated rings. The topological polar surface area (TPSA) is 112 Å². The summed E-state index contributed by atoms with van der Waals surface area (Å²) in [5.41, 5.74) is -5.67. The van der Waals surface area contributed by atoms with E-state index < -0.39 is 47.0 Å². The number of hydrogen-bond donors (Lipinski definition) is 1. The predicted octanol–water partition coefficient (Wildman–Crippen LogP) is 6.32. The molecule has 0 saturated heterocycles. The van der Waals surface area contributed by atoms with Crippen molar-refractivity contribution in [3.63, 3.8) is 0 Å². The minimum Gasteiger partial charge on any atom is -0.384 e. The van der Waals surface area contributed by atoms with Gasteiger partial charge in [0.15, 0.2) is 17.3 Å². The van der Waals surface area contributed by atoms with Crippen molar-refractivity contribution in [3.05, 3.63) is 99.8 Å². The first-order valence-corrected chi connectivity index (χ1v) is 12.7. The molecule has 0 radical (unpaired) electrons. The maximum Gasteiger partial charge on any atom is 0.416 e. The highest BCUT2D eigenvalue weighted by Crippen LogP contribution is 2.38. The van der Waals surface area contributed by atoms with Crippen LogP contribution < -0.4 is 0 Å². The van der Waals surface area contributed by atoms with Gasteiger partial charge >= 0.3 is 12.4 Å². The van der Waals surface area contributed by atoms with Crippen molar-refractivity contribution in [2.75, 3.05) is 0 Å². The summed E-state index contributed by atoms with van der Waals surface area (Å²) in [6, 6.07) is 7.47. The highest BCUT2D eigenvalue weighted by atomic mass is 35.5. The fourth-order valence-electron chi connectivity index (χ4n) is 4.35. The number of carbonyl (C=O) groups excluding carboxylic acids is 1. The van der Waals surface area contributed by atoms with Crippen LogP contribution in [0.4, 0.5) is 26.3 Å². The van der Waals surface area contributed by atoms with Gasteiger partial charge in [-0.25, -0.2) is 9.67 Å². The lowest BCUT2D eigenvalue weighted by Gasteiger charge is -2.16. The van der Waals surface area contributed by atoms with Gasteiger partial charge in [0.05, 0.1) is 28.3 Å². The van der Waals surface area contributed by atoms with Crippen molar-refractivity contribution in [1.82, 2.24) is 29.7 Å². The summed E-state index contributed by atoms with van der Waals surface area (Å²) in [5.74, 6) is -1.11. The number of benzene rings is 2. The van der Waals surface area contributed by atoms with Crippen molar-refractivity contribution in [2.45, 2.75) is 38.3 Å². The molecule has 1 N–H and O–H groups in total. The molecule has 0 unspecified atom stereocenters. The lowest BCUT2D eigenvalue weighted by atomic mass is 9.93. The zero-order valence-corrected chi connectivity index (χ0v) is 22.8. The highest BCUT2D eigenvalue weighted by molar-refractivity contribution is 6.33. The monoisotopic (exact) mass is 624 g/mol. The Kier molecular flexibility index (Phi) is 7.42. The molecule has 0 aliphatic rings. The molecular formula is C27H19ClF6N6O3. The molecule has 0 spiro atoms. The van der Waals surface area contributed by atoms with E-state index in [-0.39, 0.29) is 45.2 Å². The Morgan fingerprint density at radius 3 is 2.23 bits per heavy atom. The van der Waals surface area contributed by atoms with Gasteiger partial charge in [0.2, 0.25) is 5.78 Å². The first kappa shape index (κ1) is 30.0. The van der Waals surface area contributed by atoms with Crippen LogP contribution in [0.1, 0.15) is 52.3 Å². The maximum atomic E-state index is 14.1. The molecule has 0 amide bonds. The number of alkyl halides is 6. The van der Waals surface area contributed by atoms with Gasteiger partial charge in [0.1, 0.15) is 17.6 Å². The van der Waals surface area contributed by atoms with E-state index in [1.54, 1.807) is 18.2 Å². The molecule has 43 heavy (non-hydrogen) atoms. The minimum absolute atomic E-state index is 0.0108. The van der Waals surface area contributed by atoms with Gasteiger partial charge in [0.25, 0.3) is 0 Å². The van der Waals surface area contributed by atoms with Crippen LogP contribution in [-0.2, 0) is 24.5 Å². The lowest BCUT2D eigenvalue weighted by Crippen LogP contribution is -2.21. The zero-order chi connectivity index (χ0) is 31.3. The average molecular weight is 625 g/mol. The number of halogens is 7. The molecule has 3 aromatic heterocycles. The van der Waals surface area contributed by atoms with Crippen LogP contribution in [0.2, 0.25) is 5.02 Å². The van der Waals surface area contributed by atoms with E-state index in [1.165, 1.54) is 43.2 Å². The smallest absolute Gasteiger partial charge is 0.384 e. The second kappa shape index (κ2) is 10.6. The normalized spacial score (nSPS) is 12.6. The van der Waals surface area contributed by atoms with Crippen LogP contribution >= 0.6 is 11.6 Å². The standard InChI is InChI=1S/C27H19ClF6N6O3/c1-25(2,42)23-19(22(43-37-23)17-5-3-4-6-18(17)28)21(41)20-24(39-8-7-35-13-39)40(38-36-20)12-14-9-15(26(29,30)31)11-16(10-14)27(32,33)34/h3-11,13,42H,12H2,1-2H3. The largest absolute Gasteiger partial charge is 0.416 e. The van der Waals surface area contributed by atoms with Crippen LogP contribution in [0.15, 0.2) is 65.7 Å². The molecule has 0 bridgehead atoms. The summed E-state index contributed by atoms with van der Waals surface area (Å²) < 4.78 is 88.6. The Morgan fingerprint density at radius 2 is 1.67 bits per heavy atom. The SMILES string of the molecule is CC(C)(O)c1noc(-c2ccccc2Cl)c1C(=O)c1nnn(Cc2cc(C(F)(F)F)cc(C(F)(F)F)c2)c1-n1ccnc1. The molecule has 0 atom stereocenters. The number of nitrogens with zero attached hydrogens (tertiary/aromatic N) is 6. The number of aromatic nitrogens is 6. The fourth-order valence-corrected chi connectivity index (χ4v) is 4.57. The molecule has 0 saturated carbocycles. The number of aliphatic hydroxyl groups is 1. The second-order valence-corrected chi connectivity index (χ2v) is 10.3. The van der Waals surface area contributed by atoms with Gasteiger partial charge in [-0.2, -0.15) is 26.3 Å². The maximum absolute atomic E-state index is 14.1. The molecule has 2 aromatic carbocycles. The summed E-state index contributed by atoms with van der Waals surface area (Å²) in [6.45, 7) is 2.08. The van der Waals surface area contributed by atoms with E-state index in [0.717, 1.165) is 4.68 Å². The minimum atomic E-state index is -5.07. The molecule has 0 aliphatic carbocycles. The van der Waals surface area contributed by atoms with Crippen LogP contribution in [0.25, 0.3) is 17.1 Å². The van der Waals surface area contributed by atoms with E-state index >= 15 is 0 Å². The first-order chi connectivity index (χ1) is 20.1. The van der Waals surface area contributed by atoms with Crippen molar-refractivity contribution in [1.29, 1.82) is 0 Å². The molecule has 0 aliphatic heterocycles. The Bertz CT molecular complexity index is 1770. The first-order valence-electron chi connectivity index (χ1n) is 12.3. The molecular weight excluding hydrogens is 606 g/mol. The number of hydrogen-bond acceptors (Lipinski definition) is 7. The zero-order valence-electron chi connectivity index (χ0n) is 22.1. The Morgan fingerprint density at radius 1 is 1.02 bits per heavy atom. The summed E-state index contributed by atoms with van der Waals surface area (Å²) in [7, 11) is 0. The summed E-state index contributed by atoms with van der Waals surface area (Å²) in [4.78, 5) is 18.0. The number of rotatable bonds is 7. The average Bonchev–Trinajstić information content (AvgIpc) is 3.67. The van der Waals surface area contributed by atoms with E-state index in [4.69, 9.17) is 16.1 Å². The summed E-state index contributed by atoms with van der Waals surface area (Å²) in [5, 5.41) is 22.7. The van der Waals surface area contributed by atoms with E-state index in [2.05, 4.69) is 20.5 Å². The number of imidazole rings is 1. The van der Waals surface area contributed by atoms with Crippen LogP contribution in [0.5, 0.6) is 0 Å². The molecule has 224 valence electrons. The van der Waals surface area contributed by atoms with Gasteiger partial charge in [-0.3, -0.25) is 9.36 Å². The van der Waals surface area contributed by atoms with Crippen molar-refractivity contribution < 1.29 is 40.8 Å².